The standard InChI is InChI=1S/C30H33N3O6S/c1-39-30(36)27(32-29(35)28-11-6-16-33(28)40(37,38)26-9-3-2-4-10-26)20-22-14-12-21(13-15-22)18-25(34)19-23-7-5-8-24(31)17-23/h2-5,7-10,12-15,17,27-28H,6,11,16,18-20,31H2,1H3,(H,32,35)/t27-,28-/m0/s1. The molecule has 3 N–H and O–H groups in total. The normalized spacial score (nSPS) is 16.3. The van der Waals surface area contributed by atoms with E-state index >= 15 is 0 Å². The maximum Gasteiger partial charge on any atom is 0.328 e. The van der Waals surface area contributed by atoms with Crippen molar-refractivity contribution in [2.45, 2.75) is 49.1 Å². The number of benzene rings is 3. The zero-order chi connectivity index (χ0) is 28.7. The second-order valence-electron chi connectivity index (χ2n) is 9.83. The van der Waals surface area contributed by atoms with Crippen molar-refractivity contribution in [3.63, 3.8) is 0 Å². The fraction of sp³-hybridized carbons (Fsp3) is 0.300. The first-order valence-corrected chi connectivity index (χ1v) is 14.5. The average molecular weight is 564 g/mol. The molecule has 0 saturated carbocycles. The van der Waals surface area contributed by atoms with Gasteiger partial charge in [0.05, 0.1) is 12.0 Å². The number of anilines is 1. The van der Waals surface area contributed by atoms with Crippen molar-refractivity contribution in [1.29, 1.82) is 0 Å². The van der Waals surface area contributed by atoms with Crippen LogP contribution in [0.2, 0.25) is 0 Å². The Bertz CT molecular complexity index is 1460. The van der Waals surface area contributed by atoms with Crippen molar-refractivity contribution >= 4 is 33.4 Å². The van der Waals surface area contributed by atoms with Gasteiger partial charge >= 0.3 is 5.97 Å². The van der Waals surface area contributed by atoms with Gasteiger partial charge in [0.15, 0.2) is 0 Å². The number of ether oxygens (including phenoxy) is 1. The van der Waals surface area contributed by atoms with E-state index in [1.807, 2.05) is 24.3 Å². The third-order valence-electron chi connectivity index (χ3n) is 6.87. The van der Waals surface area contributed by atoms with Crippen molar-refractivity contribution in [2.24, 2.45) is 0 Å². The van der Waals surface area contributed by atoms with Gasteiger partial charge < -0.3 is 15.8 Å². The lowest BCUT2D eigenvalue weighted by molar-refractivity contribution is -0.145. The number of hydrogen-bond donors (Lipinski definition) is 2. The van der Waals surface area contributed by atoms with Crippen molar-refractivity contribution in [1.82, 2.24) is 9.62 Å². The summed E-state index contributed by atoms with van der Waals surface area (Å²) in [6.07, 6.45) is 1.56. The van der Waals surface area contributed by atoms with Crippen LogP contribution < -0.4 is 11.1 Å². The molecule has 1 fully saturated rings. The van der Waals surface area contributed by atoms with E-state index in [4.69, 9.17) is 10.5 Å². The van der Waals surface area contributed by atoms with E-state index < -0.39 is 34.0 Å². The Morgan fingerprint density at radius 2 is 1.62 bits per heavy atom. The molecule has 4 rings (SSSR count). The van der Waals surface area contributed by atoms with Crippen LogP contribution in [0.3, 0.4) is 0 Å². The number of nitrogen functional groups attached to an aromatic ring is 1. The number of sulfonamides is 1. The highest BCUT2D eigenvalue weighted by atomic mass is 32.2. The summed E-state index contributed by atoms with van der Waals surface area (Å²) < 4.78 is 32.4. The van der Waals surface area contributed by atoms with Crippen LogP contribution >= 0.6 is 0 Å². The van der Waals surface area contributed by atoms with Gasteiger partial charge in [-0.1, -0.05) is 54.6 Å². The van der Waals surface area contributed by atoms with E-state index in [0.717, 1.165) is 16.7 Å². The van der Waals surface area contributed by atoms with Crippen LogP contribution in [-0.2, 0) is 48.4 Å². The summed E-state index contributed by atoms with van der Waals surface area (Å²) >= 11 is 0. The van der Waals surface area contributed by atoms with Gasteiger partial charge in [-0.2, -0.15) is 4.31 Å². The molecule has 210 valence electrons. The Labute approximate surface area is 234 Å². The molecular formula is C30H33N3O6S. The number of nitrogens with two attached hydrogens (primary N) is 1. The second kappa shape index (κ2) is 12.9. The van der Waals surface area contributed by atoms with Gasteiger partial charge in [0.1, 0.15) is 17.9 Å². The molecule has 1 amide bonds. The SMILES string of the molecule is COC(=O)[C@H](Cc1ccc(CC(=O)Cc2cccc(N)c2)cc1)NC(=O)[C@@H]1CCCN1S(=O)(=O)c1ccccc1. The molecule has 40 heavy (non-hydrogen) atoms. The molecular weight excluding hydrogens is 530 g/mol. The molecule has 0 aromatic heterocycles. The van der Waals surface area contributed by atoms with Crippen molar-refractivity contribution in [3.05, 3.63) is 95.6 Å². The molecule has 1 saturated heterocycles. The number of carbonyl (C=O) groups is 3. The minimum absolute atomic E-state index is 0.0459. The molecule has 3 aromatic rings. The number of methoxy groups -OCH3 is 1. The lowest BCUT2D eigenvalue weighted by atomic mass is 9.99. The maximum atomic E-state index is 13.2. The Hall–Kier alpha value is -4.02. The van der Waals surface area contributed by atoms with Crippen LogP contribution in [-0.4, -0.2) is 56.1 Å². The summed E-state index contributed by atoms with van der Waals surface area (Å²) in [7, 11) is -2.63. The Kier molecular flexibility index (Phi) is 9.34. The summed E-state index contributed by atoms with van der Waals surface area (Å²) in [6, 6.07) is 20.5. The smallest absolute Gasteiger partial charge is 0.328 e. The Balaban J connectivity index is 1.40. The topological polar surface area (TPSA) is 136 Å². The molecule has 1 aliphatic heterocycles. The number of amides is 1. The number of carbonyl (C=O) groups excluding carboxylic acids is 3. The number of Topliss-reactive ketones (excluding diaryl/α,β-unsaturated/α-hetero) is 1. The molecule has 0 spiro atoms. The number of nitrogens with one attached hydrogen (secondary N) is 1. The Morgan fingerprint density at radius 1 is 0.950 bits per heavy atom. The monoisotopic (exact) mass is 563 g/mol. The maximum absolute atomic E-state index is 13.2. The van der Waals surface area contributed by atoms with Crippen molar-refractivity contribution < 1.29 is 27.5 Å². The van der Waals surface area contributed by atoms with Gasteiger partial charge in [-0.25, -0.2) is 13.2 Å². The van der Waals surface area contributed by atoms with E-state index in [0.29, 0.717) is 18.5 Å². The third-order valence-corrected chi connectivity index (χ3v) is 8.80. The fourth-order valence-electron chi connectivity index (χ4n) is 4.87. The molecule has 3 aromatic carbocycles. The summed E-state index contributed by atoms with van der Waals surface area (Å²) in [5.74, 6) is -1.13. The first kappa shape index (κ1) is 29.0. The summed E-state index contributed by atoms with van der Waals surface area (Å²) in [6.45, 7) is 0.218. The molecule has 2 atom stereocenters. The highest BCUT2D eigenvalue weighted by Crippen LogP contribution is 2.26. The van der Waals surface area contributed by atoms with E-state index in [9.17, 15) is 22.8 Å². The molecule has 0 aliphatic carbocycles. The third kappa shape index (κ3) is 7.13. The lowest BCUT2D eigenvalue weighted by Crippen LogP contribution is -2.51. The number of esters is 1. The second-order valence-corrected chi connectivity index (χ2v) is 11.7. The molecule has 1 aliphatic rings. The van der Waals surface area contributed by atoms with Gasteiger partial charge in [-0.15, -0.1) is 0 Å². The number of nitrogens with zero attached hydrogens (tertiary/aromatic N) is 1. The Morgan fingerprint density at radius 3 is 2.30 bits per heavy atom. The van der Waals surface area contributed by atoms with E-state index in [1.165, 1.54) is 23.5 Å². The summed E-state index contributed by atoms with van der Waals surface area (Å²) in [5.41, 5.74) is 8.83. The van der Waals surface area contributed by atoms with Crippen LogP contribution in [0.5, 0.6) is 0 Å². The molecule has 0 bridgehead atoms. The lowest BCUT2D eigenvalue weighted by Gasteiger charge is -2.25. The van der Waals surface area contributed by atoms with Crippen LogP contribution in [0.25, 0.3) is 0 Å². The molecule has 9 nitrogen and oxygen atoms in total. The van der Waals surface area contributed by atoms with Gasteiger partial charge in [-0.05, 0) is 53.8 Å². The highest BCUT2D eigenvalue weighted by molar-refractivity contribution is 7.89. The van der Waals surface area contributed by atoms with E-state index in [-0.39, 0.29) is 36.5 Å². The molecule has 0 unspecified atom stereocenters. The van der Waals surface area contributed by atoms with Crippen molar-refractivity contribution in [2.75, 3.05) is 19.4 Å². The van der Waals surface area contributed by atoms with Gasteiger partial charge in [-0.3, -0.25) is 9.59 Å². The molecule has 1 heterocycles. The highest BCUT2D eigenvalue weighted by Gasteiger charge is 2.40. The van der Waals surface area contributed by atoms with Crippen molar-refractivity contribution in [3.8, 4) is 0 Å². The van der Waals surface area contributed by atoms with Gasteiger partial charge in [0, 0.05) is 31.5 Å². The van der Waals surface area contributed by atoms with E-state index in [1.54, 1.807) is 42.5 Å². The first-order valence-electron chi connectivity index (χ1n) is 13.1. The first-order chi connectivity index (χ1) is 19.2. The number of ketones is 1. The predicted octanol–water partition coefficient (Wildman–Crippen LogP) is 2.68. The zero-order valence-electron chi connectivity index (χ0n) is 22.3. The van der Waals surface area contributed by atoms with E-state index in [2.05, 4.69) is 5.32 Å². The quantitative estimate of drug-likeness (QED) is 0.270. The zero-order valence-corrected chi connectivity index (χ0v) is 23.1. The van der Waals surface area contributed by atoms with Crippen LogP contribution in [0.1, 0.15) is 29.5 Å². The predicted molar refractivity (Wildman–Crippen MR) is 151 cm³/mol. The van der Waals surface area contributed by atoms with Crippen LogP contribution in [0, 0.1) is 0 Å². The average Bonchev–Trinajstić information content (AvgIpc) is 3.45. The van der Waals surface area contributed by atoms with Gasteiger partial charge in [0.2, 0.25) is 15.9 Å². The number of hydrogen-bond acceptors (Lipinski definition) is 7. The molecule has 0 radical (unpaired) electrons. The summed E-state index contributed by atoms with van der Waals surface area (Å²) in [4.78, 5) is 38.4. The minimum Gasteiger partial charge on any atom is -0.467 e. The minimum atomic E-state index is -3.87. The summed E-state index contributed by atoms with van der Waals surface area (Å²) in [5, 5.41) is 2.71. The van der Waals surface area contributed by atoms with Crippen LogP contribution in [0.4, 0.5) is 5.69 Å². The molecule has 10 heteroatoms. The largest absolute Gasteiger partial charge is 0.467 e. The van der Waals surface area contributed by atoms with Crippen LogP contribution in [0.15, 0.2) is 83.8 Å². The fourth-order valence-corrected chi connectivity index (χ4v) is 6.55. The van der Waals surface area contributed by atoms with Gasteiger partial charge in [0.25, 0.3) is 0 Å². The number of rotatable bonds is 11.